The van der Waals surface area contributed by atoms with Crippen molar-refractivity contribution in [2.45, 2.75) is 78.6 Å². The topological polar surface area (TPSA) is 83.1 Å². The van der Waals surface area contributed by atoms with E-state index in [0.29, 0.717) is 11.6 Å². The molecule has 0 fully saturated rings. The van der Waals surface area contributed by atoms with E-state index >= 15 is 0 Å². The predicted molar refractivity (Wildman–Crippen MR) is 175 cm³/mol. The number of nitrogens with zero attached hydrogens (tertiary/aromatic N) is 4. The third-order valence-corrected chi connectivity index (χ3v) is 8.50. The molecule has 0 saturated heterocycles. The van der Waals surface area contributed by atoms with Gasteiger partial charge in [-0.15, -0.1) is 0 Å². The summed E-state index contributed by atoms with van der Waals surface area (Å²) in [5, 5.41) is 4.13. The lowest BCUT2D eigenvalue weighted by Gasteiger charge is -2.19. The predicted octanol–water partition coefficient (Wildman–Crippen LogP) is 9.20. The highest BCUT2D eigenvalue weighted by atomic mass is 15.0. The molecule has 0 amide bonds. The van der Waals surface area contributed by atoms with Crippen molar-refractivity contribution in [1.82, 2.24) is 29.9 Å². The number of nitrogens with one attached hydrogen (secondary N) is 2. The van der Waals surface area contributed by atoms with Gasteiger partial charge in [0, 0.05) is 32.7 Å². The van der Waals surface area contributed by atoms with E-state index in [1.165, 1.54) is 16.7 Å². The minimum absolute atomic E-state index is 0.00106. The first-order valence-electron chi connectivity index (χ1n) is 14.8. The van der Waals surface area contributed by atoms with Crippen LogP contribution in [0.15, 0.2) is 54.6 Å². The third kappa shape index (κ3) is 4.23. The molecule has 1 aliphatic heterocycles. The van der Waals surface area contributed by atoms with Gasteiger partial charge < -0.3 is 9.97 Å². The van der Waals surface area contributed by atoms with Crippen LogP contribution >= 0.6 is 0 Å². The number of rotatable bonds is 0. The van der Waals surface area contributed by atoms with Gasteiger partial charge >= 0.3 is 0 Å². The molecule has 0 spiro atoms. The lowest BCUT2D eigenvalue weighted by atomic mass is 9.85. The van der Waals surface area contributed by atoms with Crippen LogP contribution in [0.3, 0.4) is 0 Å². The molecule has 0 saturated carbocycles. The monoisotopic (exact) mass is 554 g/mol. The van der Waals surface area contributed by atoms with Crippen molar-refractivity contribution < 1.29 is 0 Å². The van der Waals surface area contributed by atoms with E-state index in [9.17, 15) is 0 Å². The standard InChI is InChI=1S/C36H38N6/c1-34(2,3)19-10-13-22-25(16-19)31-38-28(22)37-29-23-14-11-20(35(4,5)6)17-26(23)32(39-29)42-33-27-18-21(36(7,8)9)12-15-24(27)30(40-31)41-33/h10-18H,1-9H3,(H2,37,38,39,40,41,42). The molecule has 212 valence electrons. The Balaban J connectivity index is 1.67. The van der Waals surface area contributed by atoms with Gasteiger partial charge in [0.15, 0.2) is 11.6 Å². The van der Waals surface area contributed by atoms with Crippen LogP contribution in [-0.4, -0.2) is 29.9 Å². The van der Waals surface area contributed by atoms with Gasteiger partial charge in [-0.1, -0.05) is 98.7 Å². The molecular formula is C36H38N6. The maximum absolute atomic E-state index is 5.18. The minimum atomic E-state index is -0.0103. The summed E-state index contributed by atoms with van der Waals surface area (Å²) in [6.07, 6.45) is 0. The Morgan fingerprint density at radius 2 is 0.810 bits per heavy atom. The number of fused-ring (bicyclic) bond motifs is 15. The molecule has 0 unspecified atom stereocenters. The van der Waals surface area contributed by atoms with Crippen molar-refractivity contribution in [3.8, 4) is 22.8 Å². The fourth-order valence-electron chi connectivity index (χ4n) is 5.78. The van der Waals surface area contributed by atoms with Crippen molar-refractivity contribution in [1.29, 1.82) is 0 Å². The first-order valence-corrected chi connectivity index (χ1v) is 14.8. The van der Waals surface area contributed by atoms with Crippen LogP contribution in [0, 0.1) is 0 Å². The Kier molecular flexibility index (Phi) is 5.44. The SMILES string of the molecule is CC(C)(C)c1ccc2c(c1)-c1nc-2nc2[nH]c(nc3[nH]c(n1)c1cc(C(C)(C)C)ccc31)c1ccc(C(C)(C)C)cc21. The zero-order valence-corrected chi connectivity index (χ0v) is 26.0. The normalized spacial score (nSPS) is 13.4. The first kappa shape index (κ1) is 26.6. The Labute approximate surface area is 246 Å². The summed E-state index contributed by atoms with van der Waals surface area (Å²) in [7, 11) is 0. The van der Waals surface area contributed by atoms with E-state index in [4.69, 9.17) is 19.9 Å². The van der Waals surface area contributed by atoms with Gasteiger partial charge in [-0.05, 0) is 51.1 Å². The molecule has 6 bridgehead atoms. The lowest BCUT2D eigenvalue weighted by molar-refractivity contribution is 0.590. The highest BCUT2D eigenvalue weighted by Gasteiger charge is 2.24. The molecule has 6 nitrogen and oxygen atoms in total. The van der Waals surface area contributed by atoms with Crippen LogP contribution in [0.5, 0.6) is 0 Å². The van der Waals surface area contributed by atoms with E-state index in [1.54, 1.807) is 0 Å². The van der Waals surface area contributed by atoms with Gasteiger partial charge in [0.2, 0.25) is 0 Å². The van der Waals surface area contributed by atoms with Crippen LogP contribution in [-0.2, 0) is 16.2 Å². The maximum Gasteiger partial charge on any atom is 0.164 e. The summed E-state index contributed by atoms with van der Waals surface area (Å²) in [5.74, 6) is 1.32. The van der Waals surface area contributed by atoms with E-state index in [2.05, 4.69) is 127 Å². The first-order chi connectivity index (χ1) is 19.7. The second-order valence-electron chi connectivity index (χ2n) is 14.8. The second kappa shape index (κ2) is 8.60. The summed E-state index contributed by atoms with van der Waals surface area (Å²) in [5.41, 5.74) is 8.75. The quantitative estimate of drug-likeness (QED) is 0.196. The molecule has 4 heterocycles. The Hall–Kier alpha value is -4.32. The molecule has 3 aromatic heterocycles. The molecule has 0 aliphatic carbocycles. The van der Waals surface area contributed by atoms with Crippen molar-refractivity contribution in [2.75, 3.05) is 0 Å². The van der Waals surface area contributed by atoms with Gasteiger partial charge in [-0.2, -0.15) is 0 Å². The van der Waals surface area contributed by atoms with Gasteiger partial charge in [0.05, 0.1) is 0 Å². The van der Waals surface area contributed by atoms with E-state index in [-0.39, 0.29) is 16.2 Å². The number of aromatic amines is 2. The van der Waals surface area contributed by atoms with Gasteiger partial charge in [-0.3, -0.25) is 0 Å². The molecule has 7 rings (SSSR count). The molecule has 42 heavy (non-hydrogen) atoms. The Morgan fingerprint density at radius 1 is 0.405 bits per heavy atom. The van der Waals surface area contributed by atoms with Crippen LogP contribution in [0.4, 0.5) is 0 Å². The third-order valence-electron chi connectivity index (χ3n) is 8.50. The van der Waals surface area contributed by atoms with Crippen molar-refractivity contribution in [3.63, 3.8) is 0 Å². The van der Waals surface area contributed by atoms with Crippen LogP contribution < -0.4 is 0 Å². The van der Waals surface area contributed by atoms with E-state index in [0.717, 1.165) is 55.3 Å². The second-order valence-corrected chi connectivity index (χ2v) is 14.8. The minimum Gasteiger partial charge on any atom is -0.324 e. The Bertz CT molecular complexity index is 2140. The summed E-state index contributed by atoms with van der Waals surface area (Å²) in [6, 6.07) is 19.8. The van der Waals surface area contributed by atoms with Gasteiger partial charge in [-0.25, -0.2) is 19.9 Å². The fraction of sp³-hybridized carbons (Fsp3) is 0.333. The average molecular weight is 555 g/mol. The molecule has 6 aromatic rings. The van der Waals surface area contributed by atoms with Crippen LogP contribution in [0.2, 0.25) is 0 Å². The highest BCUT2D eigenvalue weighted by molar-refractivity contribution is 6.08. The fourth-order valence-corrected chi connectivity index (χ4v) is 5.78. The number of benzene rings is 3. The zero-order valence-electron chi connectivity index (χ0n) is 26.0. The van der Waals surface area contributed by atoms with E-state index < -0.39 is 0 Å². The van der Waals surface area contributed by atoms with Gasteiger partial charge in [0.1, 0.15) is 22.6 Å². The van der Waals surface area contributed by atoms with Gasteiger partial charge in [0.25, 0.3) is 0 Å². The van der Waals surface area contributed by atoms with E-state index in [1.807, 2.05) is 0 Å². The summed E-state index contributed by atoms with van der Waals surface area (Å²) < 4.78 is 0. The molecular weight excluding hydrogens is 516 g/mol. The lowest BCUT2D eigenvalue weighted by Crippen LogP contribution is -2.10. The number of H-pyrrole nitrogens is 2. The summed E-state index contributed by atoms with van der Waals surface area (Å²) >= 11 is 0. The van der Waals surface area contributed by atoms with Crippen LogP contribution in [0.1, 0.15) is 79.0 Å². The summed E-state index contributed by atoms with van der Waals surface area (Å²) in [6.45, 7) is 20.1. The zero-order chi connectivity index (χ0) is 29.8. The van der Waals surface area contributed by atoms with Crippen molar-refractivity contribution in [3.05, 3.63) is 71.3 Å². The smallest absolute Gasteiger partial charge is 0.164 e. The van der Waals surface area contributed by atoms with Crippen molar-refractivity contribution >= 4 is 44.1 Å². The average Bonchev–Trinajstić information content (AvgIpc) is 3.54. The molecule has 0 radical (unpaired) electrons. The largest absolute Gasteiger partial charge is 0.324 e. The summed E-state index contributed by atoms with van der Waals surface area (Å²) in [4.78, 5) is 27.7. The highest BCUT2D eigenvalue weighted by Crippen LogP contribution is 2.39. The molecule has 2 N–H and O–H groups in total. The maximum atomic E-state index is 5.18. The Morgan fingerprint density at radius 3 is 1.29 bits per heavy atom. The van der Waals surface area contributed by atoms with Crippen LogP contribution in [0.25, 0.3) is 66.9 Å². The molecule has 1 aliphatic rings. The molecule has 3 aromatic carbocycles. The van der Waals surface area contributed by atoms with Crippen molar-refractivity contribution in [2.24, 2.45) is 0 Å². The molecule has 6 heteroatoms. The number of hydrogen-bond donors (Lipinski definition) is 2. The number of hydrogen-bond acceptors (Lipinski definition) is 4. The number of aromatic nitrogens is 6. The molecule has 0 atom stereocenters.